The van der Waals surface area contributed by atoms with E-state index in [0.29, 0.717) is 5.84 Å². The summed E-state index contributed by atoms with van der Waals surface area (Å²) in [7, 11) is 2.05. The minimum atomic E-state index is 0.689. The van der Waals surface area contributed by atoms with Crippen molar-refractivity contribution in [1.29, 1.82) is 5.41 Å². The number of amidine groups is 1. The molecule has 0 saturated carbocycles. The number of aryl methyl sites for hydroxylation is 1. The van der Waals surface area contributed by atoms with Crippen molar-refractivity contribution >= 4 is 28.1 Å². The van der Waals surface area contributed by atoms with Gasteiger partial charge in [0.25, 0.3) is 0 Å². The van der Waals surface area contributed by atoms with Crippen LogP contribution in [-0.4, -0.2) is 28.4 Å². The van der Waals surface area contributed by atoms with Crippen LogP contribution in [0.4, 0.5) is 0 Å². The van der Waals surface area contributed by atoms with Crippen LogP contribution in [0.3, 0.4) is 0 Å². The second-order valence-electron chi connectivity index (χ2n) is 6.24. The highest BCUT2D eigenvalue weighted by atomic mass is 32.1. The molecule has 0 unspecified atom stereocenters. The zero-order valence-corrected chi connectivity index (χ0v) is 14.1. The standard InChI is InChI=1S/C18H21N4S/c1-20-8-5-17-14(11-20)4-9-22(17)12-16-10-15(13-23-16)18(19)21-6-2-3-7-21/h4-5,8-11,13,19H,2-3,6-7,12H2,1H3/q+1. The summed E-state index contributed by atoms with van der Waals surface area (Å²) < 4.78 is 4.36. The maximum Gasteiger partial charge on any atom is 0.177 e. The van der Waals surface area contributed by atoms with E-state index in [4.69, 9.17) is 5.41 Å². The number of hydrogen-bond donors (Lipinski definition) is 1. The number of hydrogen-bond acceptors (Lipinski definition) is 2. The lowest BCUT2D eigenvalue weighted by Gasteiger charge is -2.17. The van der Waals surface area contributed by atoms with Gasteiger partial charge in [-0.05, 0) is 25.0 Å². The number of aromatic nitrogens is 2. The zero-order valence-electron chi connectivity index (χ0n) is 13.3. The molecule has 0 amide bonds. The van der Waals surface area contributed by atoms with Gasteiger partial charge in [-0.1, -0.05) is 0 Å². The Morgan fingerprint density at radius 3 is 2.96 bits per heavy atom. The third-order valence-electron chi connectivity index (χ3n) is 4.53. The van der Waals surface area contributed by atoms with Crippen molar-refractivity contribution in [1.82, 2.24) is 9.47 Å². The van der Waals surface area contributed by atoms with Gasteiger partial charge < -0.3 is 9.47 Å². The van der Waals surface area contributed by atoms with Gasteiger partial charge in [0.2, 0.25) is 0 Å². The average Bonchev–Trinajstić information content (AvgIpc) is 3.27. The van der Waals surface area contributed by atoms with Gasteiger partial charge >= 0.3 is 0 Å². The number of nitrogens with one attached hydrogen (secondary N) is 1. The van der Waals surface area contributed by atoms with Crippen molar-refractivity contribution in [3.05, 3.63) is 52.6 Å². The van der Waals surface area contributed by atoms with Gasteiger partial charge in [-0.3, -0.25) is 5.41 Å². The Balaban J connectivity index is 1.55. The lowest BCUT2D eigenvalue weighted by atomic mass is 10.2. The molecule has 4 nitrogen and oxygen atoms in total. The van der Waals surface area contributed by atoms with Crippen LogP contribution in [0.2, 0.25) is 0 Å². The highest BCUT2D eigenvalue weighted by molar-refractivity contribution is 7.10. The van der Waals surface area contributed by atoms with Crippen molar-refractivity contribution in [2.24, 2.45) is 7.05 Å². The van der Waals surface area contributed by atoms with E-state index in [-0.39, 0.29) is 0 Å². The summed E-state index contributed by atoms with van der Waals surface area (Å²) in [6.45, 7) is 2.93. The number of thiophene rings is 1. The molecule has 1 N–H and O–H groups in total. The third-order valence-corrected chi connectivity index (χ3v) is 5.45. The van der Waals surface area contributed by atoms with Crippen LogP contribution in [0.25, 0.3) is 10.9 Å². The first kappa shape index (κ1) is 14.5. The second kappa shape index (κ2) is 5.81. The Labute approximate surface area is 140 Å². The van der Waals surface area contributed by atoms with Crippen LogP contribution in [-0.2, 0) is 13.6 Å². The minimum Gasteiger partial charge on any atom is -0.357 e. The summed E-state index contributed by atoms with van der Waals surface area (Å²) in [5.74, 6) is 0.689. The number of rotatable bonds is 3. The Morgan fingerprint density at radius 2 is 2.13 bits per heavy atom. The van der Waals surface area contributed by atoms with E-state index in [1.54, 1.807) is 11.3 Å². The summed E-state index contributed by atoms with van der Waals surface area (Å²) in [6.07, 6.45) is 8.81. The Kier molecular flexibility index (Phi) is 3.65. The van der Waals surface area contributed by atoms with E-state index in [2.05, 4.69) is 56.2 Å². The highest BCUT2D eigenvalue weighted by Crippen LogP contribution is 2.22. The molecule has 1 aliphatic heterocycles. The summed E-state index contributed by atoms with van der Waals surface area (Å²) in [4.78, 5) is 3.49. The van der Waals surface area contributed by atoms with Crippen molar-refractivity contribution in [2.45, 2.75) is 19.4 Å². The molecule has 4 heterocycles. The van der Waals surface area contributed by atoms with Crippen molar-refractivity contribution in [3.63, 3.8) is 0 Å². The lowest BCUT2D eigenvalue weighted by molar-refractivity contribution is -0.670. The van der Waals surface area contributed by atoms with Gasteiger partial charge in [-0.15, -0.1) is 11.3 Å². The normalized spacial score (nSPS) is 14.7. The van der Waals surface area contributed by atoms with E-state index in [1.165, 1.54) is 28.6 Å². The molecule has 0 bridgehead atoms. The fraction of sp³-hybridized carbons (Fsp3) is 0.333. The summed E-state index contributed by atoms with van der Waals surface area (Å²) >= 11 is 1.75. The molecule has 0 atom stereocenters. The second-order valence-corrected chi connectivity index (χ2v) is 7.23. The van der Waals surface area contributed by atoms with Gasteiger partial charge in [-0.2, -0.15) is 0 Å². The predicted octanol–water partition coefficient (Wildman–Crippen LogP) is 3.00. The first-order valence-corrected chi connectivity index (χ1v) is 8.94. The van der Waals surface area contributed by atoms with E-state index in [1.807, 2.05) is 7.05 Å². The molecule has 1 aliphatic rings. The molecule has 23 heavy (non-hydrogen) atoms. The van der Waals surface area contributed by atoms with Gasteiger partial charge in [0.05, 0.1) is 17.4 Å². The fourth-order valence-electron chi connectivity index (χ4n) is 3.27. The maximum absolute atomic E-state index is 8.37. The largest absolute Gasteiger partial charge is 0.357 e. The predicted molar refractivity (Wildman–Crippen MR) is 94.2 cm³/mol. The number of pyridine rings is 1. The molecule has 0 aromatic carbocycles. The fourth-order valence-corrected chi connectivity index (χ4v) is 4.14. The monoisotopic (exact) mass is 325 g/mol. The minimum absolute atomic E-state index is 0.689. The van der Waals surface area contributed by atoms with Crippen LogP contribution in [0, 0.1) is 5.41 Å². The van der Waals surface area contributed by atoms with E-state index in [0.717, 1.165) is 25.2 Å². The molecule has 3 aromatic rings. The molecule has 118 valence electrons. The Morgan fingerprint density at radius 1 is 1.30 bits per heavy atom. The first-order chi connectivity index (χ1) is 11.2. The van der Waals surface area contributed by atoms with Gasteiger partial charge in [0.1, 0.15) is 12.9 Å². The molecule has 3 aromatic heterocycles. The molecule has 0 radical (unpaired) electrons. The molecule has 0 spiro atoms. The van der Waals surface area contributed by atoms with Crippen LogP contribution in [0.1, 0.15) is 23.3 Å². The van der Waals surface area contributed by atoms with Gasteiger partial charge in [-0.25, -0.2) is 4.57 Å². The topological polar surface area (TPSA) is 35.9 Å². The molecule has 1 fully saturated rings. The van der Waals surface area contributed by atoms with Crippen molar-refractivity contribution in [2.75, 3.05) is 13.1 Å². The van der Waals surface area contributed by atoms with Gasteiger partial charge in [0, 0.05) is 41.2 Å². The molecular weight excluding hydrogens is 304 g/mol. The number of likely N-dealkylation sites (tertiary alicyclic amines) is 1. The average molecular weight is 325 g/mol. The first-order valence-electron chi connectivity index (χ1n) is 8.06. The molecule has 5 heteroatoms. The number of nitrogens with zero attached hydrogens (tertiary/aromatic N) is 3. The Bertz CT molecular complexity index is 855. The van der Waals surface area contributed by atoms with Crippen molar-refractivity contribution in [3.8, 4) is 0 Å². The number of fused-ring (bicyclic) bond motifs is 1. The van der Waals surface area contributed by atoms with Crippen LogP contribution in [0.15, 0.2) is 42.2 Å². The lowest BCUT2D eigenvalue weighted by Crippen LogP contribution is -2.27. The quantitative estimate of drug-likeness (QED) is 0.448. The van der Waals surface area contributed by atoms with Crippen LogP contribution >= 0.6 is 11.3 Å². The SMILES string of the molecule is C[n+]1ccc2c(ccn2Cc2cc(C(=N)N3CCCC3)cs2)c1. The smallest absolute Gasteiger partial charge is 0.177 e. The van der Waals surface area contributed by atoms with E-state index >= 15 is 0 Å². The van der Waals surface area contributed by atoms with Crippen LogP contribution < -0.4 is 4.57 Å². The summed E-state index contributed by atoms with van der Waals surface area (Å²) in [5.41, 5.74) is 2.32. The summed E-state index contributed by atoms with van der Waals surface area (Å²) in [6, 6.07) is 6.51. The van der Waals surface area contributed by atoms with E-state index < -0.39 is 0 Å². The van der Waals surface area contributed by atoms with Crippen molar-refractivity contribution < 1.29 is 4.57 Å². The molecule has 0 aliphatic carbocycles. The molecule has 4 rings (SSSR count). The van der Waals surface area contributed by atoms with E-state index in [9.17, 15) is 0 Å². The molecule has 1 saturated heterocycles. The van der Waals surface area contributed by atoms with Crippen LogP contribution in [0.5, 0.6) is 0 Å². The maximum atomic E-state index is 8.37. The summed E-state index contributed by atoms with van der Waals surface area (Å²) in [5, 5.41) is 11.8. The highest BCUT2D eigenvalue weighted by Gasteiger charge is 2.17. The Hall–Kier alpha value is -2.14. The molecular formula is C18H21N4S+. The van der Waals surface area contributed by atoms with Gasteiger partial charge in [0.15, 0.2) is 12.4 Å². The zero-order chi connectivity index (χ0) is 15.8. The third kappa shape index (κ3) is 2.77.